The molecule has 1 aromatic heterocycles. The number of benzene rings is 1. The molecule has 1 aliphatic heterocycles. The van der Waals surface area contributed by atoms with E-state index in [1.807, 2.05) is 6.92 Å². The fraction of sp³-hybridized carbons (Fsp3) is 0.438. The molecule has 1 atom stereocenters. The zero-order valence-corrected chi connectivity index (χ0v) is 13.2. The molecule has 1 amide bonds. The Morgan fingerprint density at radius 1 is 1.26 bits per heavy atom. The molecule has 0 aliphatic carbocycles. The molecule has 1 saturated heterocycles. The second-order valence-electron chi connectivity index (χ2n) is 5.66. The maximum absolute atomic E-state index is 13.7. The molecule has 2 aromatic rings. The van der Waals surface area contributed by atoms with E-state index in [1.165, 1.54) is 12.1 Å². The van der Waals surface area contributed by atoms with Crippen LogP contribution in [0.2, 0.25) is 0 Å². The molecule has 0 N–H and O–H groups in total. The lowest BCUT2D eigenvalue weighted by Crippen LogP contribution is -2.49. The highest BCUT2D eigenvalue weighted by Crippen LogP contribution is 2.21. The Balaban J connectivity index is 1.62. The number of rotatable bonds is 3. The summed E-state index contributed by atoms with van der Waals surface area (Å²) in [4.78, 5) is 20.5. The van der Waals surface area contributed by atoms with Gasteiger partial charge in [0.1, 0.15) is 5.82 Å². The van der Waals surface area contributed by atoms with Crippen molar-refractivity contribution in [1.82, 2.24) is 19.9 Å². The largest absolute Gasteiger partial charge is 0.338 e. The summed E-state index contributed by atoms with van der Waals surface area (Å²) < 4.78 is 18.9. The summed E-state index contributed by atoms with van der Waals surface area (Å²) in [6.45, 7) is 6.24. The lowest BCUT2D eigenvalue weighted by atomic mass is 10.1. The zero-order chi connectivity index (χ0) is 16.4. The molecule has 122 valence electrons. The number of carbonyl (C=O) groups is 1. The average molecular weight is 318 g/mol. The average Bonchev–Trinajstić information content (AvgIpc) is 3.01. The first kappa shape index (κ1) is 15.6. The topological polar surface area (TPSA) is 62.5 Å². The second kappa shape index (κ2) is 6.45. The van der Waals surface area contributed by atoms with Crippen LogP contribution in [0.25, 0.3) is 0 Å². The zero-order valence-electron chi connectivity index (χ0n) is 13.2. The van der Waals surface area contributed by atoms with Crippen LogP contribution < -0.4 is 0 Å². The predicted octanol–water partition coefficient (Wildman–Crippen LogP) is 2.04. The Hall–Kier alpha value is -2.28. The van der Waals surface area contributed by atoms with Crippen LogP contribution in [0, 0.1) is 12.7 Å². The molecule has 0 radical (unpaired) electrons. The number of aryl methyl sites for hydroxylation is 1. The summed E-state index contributed by atoms with van der Waals surface area (Å²) in [6, 6.07) is 6.09. The van der Waals surface area contributed by atoms with Crippen LogP contribution in [-0.4, -0.2) is 52.0 Å². The summed E-state index contributed by atoms with van der Waals surface area (Å²) in [5, 5.41) is 3.81. The lowest BCUT2D eigenvalue weighted by molar-refractivity contribution is 0.0547. The minimum absolute atomic E-state index is 0.00177. The number of nitrogens with zero attached hydrogens (tertiary/aromatic N) is 4. The first-order valence-electron chi connectivity index (χ1n) is 7.64. The number of aromatic nitrogens is 2. The monoisotopic (exact) mass is 318 g/mol. The molecule has 1 fully saturated rings. The van der Waals surface area contributed by atoms with E-state index >= 15 is 0 Å². The lowest BCUT2D eigenvalue weighted by Gasteiger charge is -2.36. The molecule has 0 bridgehead atoms. The van der Waals surface area contributed by atoms with Gasteiger partial charge in [-0.3, -0.25) is 9.69 Å². The molecular weight excluding hydrogens is 299 g/mol. The first-order valence-corrected chi connectivity index (χ1v) is 7.64. The van der Waals surface area contributed by atoms with Crippen molar-refractivity contribution in [3.63, 3.8) is 0 Å². The SMILES string of the molecule is Cc1noc([C@H](C)N2CCN(C(=O)c3ccccc3F)CC2)n1. The van der Waals surface area contributed by atoms with E-state index in [1.54, 1.807) is 24.0 Å². The van der Waals surface area contributed by atoms with Crippen LogP contribution in [0.3, 0.4) is 0 Å². The van der Waals surface area contributed by atoms with Crippen LogP contribution in [0.5, 0.6) is 0 Å². The Morgan fingerprint density at radius 2 is 1.96 bits per heavy atom. The molecule has 1 aromatic carbocycles. The smallest absolute Gasteiger partial charge is 0.256 e. The molecule has 3 rings (SSSR count). The molecule has 23 heavy (non-hydrogen) atoms. The van der Waals surface area contributed by atoms with Crippen molar-refractivity contribution >= 4 is 5.91 Å². The van der Waals surface area contributed by atoms with Gasteiger partial charge >= 0.3 is 0 Å². The molecule has 7 heteroatoms. The molecule has 0 spiro atoms. The number of hydrogen-bond donors (Lipinski definition) is 0. The van der Waals surface area contributed by atoms with E-state index in [4.69, 9.17) is 4.52 Å². The number of piperazine rings is 1. The van der Waals surface area contributed by atoms with Gasteiger partial charge in [-0.2, -0.15) is 4.98 Å². The Bertz CT molecular complexity index is 695. The third-order valence-corrected chi connectivity index (χ3v) is 4.15. The molecule has 6 nitrogen and oxygen atoms in total. The van der Waals surface area contributed by atoms with Crippen molar-refractivity contribution in [3.05, 3.63) is 47.4 Å². The maximum atomic E-state index is 13.7. The van der Waals surface area contributed by atoms with Crippen LogP contribution in [0.15, 0.2) is 28.8 Å². The van der Waals surface area contributed by atoms with Crippen LogP contribution in [0.1, 0.15) is 35.0 Å². The summed E-state index contributed by atoms with van der Waals surface area (Å²) in [7, 11) is 0. The van der Waals surface area contributed by atoms with Gasteiger partial charge in [0.15, 0.2) is 5.82 Å². The van der Waals surface area contributed by atoms with Gasteiger partial charge in [0, 0.05) is 26.2 Å². The Morgan fingerprint density at radius 3 is 2.57 bits per heavy atom. The van der Waals surface area contributed by atoms with E-state index in [0.29, 0.717) is 37.9 Å². The summed E-state index contributed by atoms with van der Waals surface area (Å²) in [6.07, 6.45) is 0. The number of halogens is 1. The molecular formula is C16H19FN4O2. The number of amides is 1. The Kier molecular flexibility index (Phi) is 4.38. The van der Waals surface area contributed by atoms with E-state index in [0.717, 1.165) is 0 Å². The van der Waals surface area contributed by atoms with Crippen molar-refractivity contribution in [1.29, 1.82) is 0 Å². The molecule has 2 heterocycles. The number of hydrogen-bond acceptors (Lipinski definition) is 5. The van der Waals surface area contributed by atoms with Gasteiger partial charge in [0.25, 0.3) is 5.91 Å². The predicted molar refractivity (Wildman–Crippen MR) is 81.3 cm³/mol. The molecule has 0 unspecified atom stereocenters. The fourth-order valence-electron chi connectivity index (χ4n) is 2.76. The van der Waals surface area contributed by atoms with Gasteiger partial charge in [0.2, 0.25) is 5.89 Å². The molecule has 0 saturated carbocycles. The van der Waals surface area contributed by atoms with Gasteiger partial charge in [0.05, 0.1) is 11.6 Å². The highest BCUT2D eigenvalue weighted by atomic mass is 19.1. The van der Waals surface area contributed by atoms with Crippen LogP contribution >= 0.6 is 0 Å². The normalized spacial score (nSPS) is 17.3. The van der Waals surface area contributed by atoms with Crippen molar-refractivity contribution in [3.8, 4) is 0 Å². The van der Waals surface area contributed by atoms with Crippen molar-refractivity contribution in [2.45, 2.75) is 19.9 Å². The minimum Gasteiger partial charge on any atom is -0.338 e. The van der Waals surface area contributed by atoms with Gasteiger partial charge < -0.3 is 9.42 Å². The van der Waals surface area contributed by atoms with E-state index in [2.05, 4.69) is 15.0 Å². The molecule has 1 aliphatic rings. The standard InChI is InChI=1S/C16H19FN4O2/c1-11(15-18-12(2)19-23-15)20-7-9-21(10-8-20)16(22)13-5-3-4-6-14(13)17/h3-6,11H,7-10H2,1-2H3/t11-/m0/s1. The van der Waals surface area contributed by atoms with E-state index in [9.17, 15) is 9.18 Å². The van der Waals surface area contributed by atoms with Gasteiger partial charge in [-0.05, 0) is 26.0 Å². The van der Waals surface area contributed by atoms with Crippen LogP contribution in [0.4, 0.5) is 4.39 Å². The van der Waals surface area contributed by atoms with Gasteiger partial charge in [-0.25, -0.2) is 4.39 Å². The second-order valence-corrected chi connectivity index (χ2v) is 5.66. The van der Waals surface area contributed by atoms with Gasteiger partial charge in [-0.1, -0.05) is 17.3 Å². The first-order chi connectivity index (χ1) is 11.1. The fourth-order valence-corrected chi connectivity index (χ4v) is 2.76. The quantitative estimate of drug-likeness (QED) is 0.866. The highest BCUT2D eigenvalue weighted by Gasteiger charge is 2.28. The van der Waals surface area contributed by atoms with Crippen molar-refractivity contribution in [2.24, 2.45) is 0 Å². The van der Waals surface area contributed by atoms with Crippen molar-refractivity contribution in [2.75, 3.05) is 26.2 Å². The van der Waals surface area contributed by atoms with E-state index in [-0.39, 0.29) is 17.5 Å². The summed E-state index contributed by atoms with van der Waals surface area (Å²) in [5.41, 5.74) is 0.126. The minimum atomic E-state index is -0.477. The Labute approximate surface area is 133 Å². The number of carbonyl (C=O) groups excluding carboxylic acids is 1. The summed E-state index contributed by atoms with van der Waals surface area (Å²) >= 11 is 0. The third kappa shape index (κ3) is 3.24. The highest BCUT2D eigenvalue weighted by molar-refractivity contribution is 5.94. The van der Waals surface area contributed by atoms with Crippen LogP contribution in [-0.2, 0) is 0 Å². The maximum Gasteiger partial charge on any atom is 0.256 e. The third-order valence-electron chi connectivity index (χ3n) is 4.15. The van der Waals surface area contributed by atoms with E-state index < -0.39 is 5.82 Å². The van der Waals surface area contributed by atoms with Gasteiger partial charge in [-0.15, -0.1) is 0 Å². The summed E-state index contributed by atoms with van der Waals surface area (Å²) in [5.74, 6) is 0.454. The van der Waals surface area contributed by atoms with Crippen molar-refractivity contribution < 1.29 is 13.7 Å².